The van der Waals surface area contributed by atoms with Crippen LogP contribution in [0.15, 0.2) is 42.5 Å². The summed E-state index contributed by atoms with van der Waals surface area (Å²) in [7, 11) is 0. The summed E-state index contributed by atoms with van der Waals surface area (Å²) in [5.41, 5.74) is 2.71. The van der Waals surface area contributed by atoms with Gasteiger partial charge in [0.15, 0.2) is 0 Å². The lowest BCUT2D eigenvalue weighted by atomic mass is 10.1. The molecule has 0 N–H and O–H groups in total. The van der Waals surface area contributed by atoms with Crippen molar-refractivity contribution in [2.24, 2.45) is 0 Å². The van der Waals surface area contributed by atoms with Crippen molar-refractivity contribution in [1.82, 2.24) is 0 Å². The van der Waals surface area contributed by atoms with Crippen LogP contribution in [0.5, 0.6) is 5.75 Å². The fourth-order valence-electron chi connectivity index (χ4n) is 1.62. The van der Waals surface area contributed by atoms with E-state index in [4.69, 9.17) is 4.74 Å². The molecular weight excluding hydrogens is 339 g/mol. The Labute approximate surface area is 120 Å². The third kappa shape index (κ3) is 2.72. The van der Waals surface area contributed by atoms with Gasteiger partial charge in [-0.25, -0.2) is 4.79 Å². The second-order valence-corrected chi connectivity index (χ2v) is 5.23. The van der Waals surface area contributed by atoms with Gasteiger partial charge in [-0.1, -0.05) is 24.3 Å². The summed E-state index contributed by atoms with van der Waals surface area (Å²) in [6.07, 6.45) is 0. The van der Waals surface area contributed by atoms with Crippen LogP contribution >= 0.6 is 22.6 Å². The Morgan fingerprint density at radius 2 is 1.78 bits per heavy atom. The predicted molar refractivity (Wildman–Crippen MR) is 80.0 cm³/mol. The van der Waals surface area contributed by atoms with Crippen LogP contribution in [0, 0.1) is 17.4 Å². The van der Waals surface area contributed by atoms with E-state index in [0.717, 1.165) is 14.7 Å². The maximum absolute atomic E-state index is 12.1. The van der Waals surface area contributed by atoms with Gasteiger partial charge in [0, 0.05) is 3.57 Å². The predicted octanol–water partition coefficient (Wildman–Crippen LogP) is 4.13. The Morgan fingerprint density at radius 1 is 1.06 bits per heavy atom. The van der Waals surface area contributed by atoms with Gasteiger partial charge in [-0.3, -0.25) is 0 Å². The van der Waals surface area contributed by atoms with Gasteiger partial charge in [0.2, 0.25) is 0 Å². The van der Waals surface area contributed by atoms with Crippen LogP contribution in [0.4, 0.5) is 0 Å². The molecule has 0 saturated carbocycles. The first kappa shape index (κ1) is 13.1. The fraction of sp³-hybridized carbons (Fsp3) is 0.133. The summed E-state index contributed by atoms with van der Waals surface area (Å²) in [6, 6.07) is 13.1. The molecule has 0 atom stereocenters. The van der Waals surface area contributed by atoms with Crippen molar-refractivity contribution in [1.29, 1.82) is 0 Å². The maximum Gasteiger partial charge on any atom is 0.344 e. The molecule has 0 aliphatic heterocycles. The van der Waals surface area contributed by atoms with Gasteiger partial charge >= 0.3 is 5.97 Å². The van der Waals surface area contributed by atoms with Gasteiger partial charge in [0.25, 0.3) is 0 Å². The highest BCUT2D eigenvalue weighted by Crippen LogP contribution is 2.22. The van der Waals surface area contributed by atoms with Crippen LogP contribution in [0.3, 0.4) is 0 Å². The topological polar surface area (TPSA) is 26.3 Å². The zero-order valence-corrected chi connectivity index (χ0v) is 12.4. The number of halogens is 1. The second kappa shape index (κ2) is 5.52. The van der Waals surface area contributed by atoms with Gasteiger partial charge in [0.1, 0.15) is 5.75 Å². The summed E-state index contributed by atoms with van der Waals surface area (Å²) in [6.45, 7) is 3.95. The van der Waals surface area contributed by atoms with Gasteiger partial charge in [-0.15, -0.1) is 0 Å². The molecule has 0 saturated heterocycles. The van der Waals surface area contributed by atoms with Crippen molar-refractivity contribution in [3.63, 3.8) is 0 Å². The van der Waals surface area contributed by atoms with E-state index in [1.807, 2.05) is 50.2 Å². The third-order valence-electron chi connectivity index (χ3n) is 2.85. The molecule has 0 fully saturated rings. The molecule has 0 amide bonds. The van der Waals surface area contributed by atoms with Crippen LogP contribution in [0.25, 0.3) is 0 Å². The molecule has 2 aromatic rings. The molecular formula is C15H13IO2. The molecule has 2 aromatic carbocycles. The summed E-state index contributed by atoms with van der Waals surface area (Å²) in [5, 5.41) is 0. The molecule has 2 nitrogen and oxygen atoms in total. The monoisotopic (exact) mass is 352 g/mol. The molecule has 92 valence electrons. The van der Waals surface area contributed by atoms with E-state index in [1.165, 1.54) is 0 Å². The number of rotatable bonds is 2. The average Bonchev–Trinajstić information content (AvgIpc) is 2.35. The highest BCUT2D eigenvalue weighted by Gasteiger charge is 2.13. The Bertz CT molecular complexity index is 591. The van der Waals surface area contributed by atoms with Gasteiger partial charge in [0.05, 0.1) is 5.56 Å². The molecule has 18 heavy (non-hydrogen) atoms. The summed E-state index contributed by atoms with van der Waals surface area (Å²) >= 11 is 2.13. The number of esters is 1. The quantitative estimate of drug-likeness (QED) is 0.462. The molecule has 0 heterocycles. The van der Waals surface area contributed by atoms with Crippen molar-refractivity contribution in [3.05, 3.63) is 62.7 Å². The summed E-state index contributed by atoms with van der Waals surface area (Å²) in [5.74, 6) is 0.313. The Hall–Kier alpha value is -1.36. The van der Waals surface area contributed by atoms with Crippen molar-refractivity contribution in [3.8, 4) is 5.75 Å². The summed E-state index contributed by atoms with van der Waals surface area (Å²) in [4.78, 5) is 12.1. The zero-order chi connectivity index (χ0) is 13.1. The Kier molecular flexibility index (Phi) is 4.01. The molecule has 3 heteroatoms. The van der Waals surface area contributed by atoms with Crippen LogP contribution in [-0.2, 0) is 0 Å². The van der Waals surface area contributed by atoms with Crippen molar-refractivity contribution in [2.75, 3.05) is 0 Å². The second-order valence-electron chi connectivity index (χ2n) is 4.07. The molecule has 0 aromatic heterocycles. The number of carbonyl (C=O) groups is 1. The zero-order valence-electron chi connectivity index (χ0n) is 10.2. The molecule has 2 rings (SSSR count). The number of aryl methyl sites for hydroxylation is 1. The van der Waals surface area contributed by atoms with Crippen LogP contribution in [0.2, 0.25) is 0 Å². The van der Waals surface area contributed by atoms with Crippen molar-refractivity contribution in [2.45, 2.75) is 13.8 Å². The highest BCUT2D eigenvalue weighted by molar-refractivity contribution is 14.1. The maximum atomic E-state index is 12.1. The van der Waals surface area contributed by atoms with Crippen LogP contribution in [0.1, 0.15) is 21.5 Å². The Morgan fingerprint density at radius 3 is 2.50 bits per heavy atom. The van der Waals surface area contributed by atoms with E-state index in [0.29, 0.717) is 11.3 Å². The van der Waals surface area contributed by atoms with Crippen LogP contribution < -0.4 is 4.74 Å². The van der Waals surface area contributed by atoms with Gasteiger partial charge in [-0.05, 0) is 65.8 Å². The van der Waals surface area contributed by atoms with Crippen molar-refractivity contribution >= 4 is 28.6 Å². The minimum atomic E-state index is -0.311. The number of benzene rings is 2. The minimum Gasteiger partial charge on any atom is -0.423 e. The smallest absolute Gasteiger partial charge is 0.344 e. The van der Waals surface area contributed by atoms with Gasteiger partial charge < -0.3 is 4.74 Å². The molecule has 0 aliphatic carbocycles. The van der Waals surface area contributed by atoms with Gasteiger partial charge in [-0.2, -0.15) is 0 Å². The lowest BCUT2D eigenvalue weighted by Crippen LogP contribution is -2.11. The lowest BCUT2D eigenvalue weighted by molar-refractivity contribution is 0.0732. The van der Waals surface area contributed by atoms with E-state index in [9.17, 15) is 4.79 Å². The third-order valence-corrected chi connectivity index (χ3v) is 3.79. The van der Waals surface area contributed by atoms with E-state index >= 15 is 0 Å². The minimum absolute atomic E-state index is 0.311. The lowest BCUT2D eigenvalue weighted by Gasteiger charge is -2.09. The molecule has 0 spiro atoms. The average molecular weight is 352 g/mol. The molecule has 0 radical (unpaired) electrons. The first-order valence-electron chi connectivity index (χ1n) is 5.62. The number of hydrogen-bond donors (Lipinski definition) is 0. The highest BCUT2D eigenvalue weighted by atomic mass is 127. The number of carbonyl (C=O) groups excluding carboxylic acids is 1. The number of ether oxygens (including phenoxy) is 1. The largest absolute Gasteiger partial charge is 0.423 e. The van der Waals surface area contributed by atoms with Crippen LogP contribution in [-0.4, -0.2) is 5.97 Å². The van der Waals surface area contributed by atoms with E-state index in [2.05, 4.69) is 22.6 Å². The normalized spacial score (nSPS) is 10.2. The Balaban J connectivity index is 2.27. The fourth-order valence-corrected chi connectivity index (χ4v) is 2.22. The summed E-state index contributed by atoms with van der Waals surface area (Å²) < 4.78 is 6.34. The standard InChI is InChI=1S/C15H13IO2/c1-10-6-5-9-14(11(10)2)18-15(17)12-7-3-4-8-13(12)16/h3-9H,1-2H3. The molecule has 0 unspecified atom stereocenters. The first-order valence-corrected chi connectivity index (χ1v) is 6.70. The van der Waals surface area contributed by atoms with Crippen molar-refractivity contribution < 1.29 is 9.53 Å². The molecule has 0 aliphatic rings. The number of hydrogen-bond acceptors (Lipinski definition) is 2. The first-order chi connectivity index (χ1) is 8.59. The van der Waals surface area contributed by atoms with E-state index in [-0.39, 0.29) is 5.97 Å². The SMILES string of the molecule is Cc1cccc(OC(=O)c2ccccc2I)c1C. The van der Waals surface area contributed by atoms with E-state index in [1.54, 1.807) is 6.07 Å². The molecule has 0 bridgehead atoms. The van der Waals surface area contributed by atoms with E-state index < -0.39 is 0 Å².